The Labute approximate surface area is 254 Å². The molecule has 4 aliphatic rings. The van der Waals surface area contributed by atoms with Gasteiger partial charge in [0.2, 0.25) is 5.91 Å². The molecule has 5 rings (SSSR count). The number of nitro groups is 1. The van der Waals surface area contributed by atoms with Crippen LogP contribution < -0.4 is 5.32 Å². The van der Waals surface area contributed by atoms with E-state index in [0.29, 0.717) is 18.4 Å². The number of fused-ring (bicyclic) bond motifs is 5. The van der Waals surface area contributed by atoms with Crippen molar-refractivity contribution in [1.29, 1.82) is 0 Å². The lowest BCUT2D eigenvalue weighted by molar-refractivity contribution is -0.384. The molecule has 0 heterocycles. The highest BCUT2D eigenvalue weighted by Gasteiger charge is 2.65. The fourth-order valence-electron chi connectivity index (χ4n) is 10.2. The highest BCUT2D eigenvalue weighted by Crippen LogP contribution is 2.68. The summed E-state index contributed by atoms with van der Waals surface area (Å²) < 4.78 is 0. The van der Waals surface area contributed by atoms with Gasteiger partial charge in [0.15, 0.2) is 0 Å². The van der Waals surface area contributed by atoms with Crippen LogP contribution in [0.4, 0.5) is 5.69 Å². The van der Waals surface area contributed by atoms with E-state index in [0.717, 1.165) is 38.5 Å². The molecular formula is C33H50N2O8. The van der Waals surface area contributed by atoms with Gasteiger partial charge in [0, 0.05) is 18.6 Å². The number of hydrogen-bond acceptors (Lipinski definition) is 8. The zero-order chi connectivity index (χ0) is 31.3. The van der Waals surface area contributed by atoms with Gasteiger partial charge in [-0.3, -0.25) is 14.9 Å². The molecule has 1 aromatic carbocycles. The van der Waals surface area contributed by atoms with E-state index in [1.165, 1.54) is 24.3 Å². The third kappa shape index (κ3) is 5.74. The predicted molar refractivity (Wildman–Crippen MR) is 159 cm³/mol. The van der Waals surface area contributed by atoms with E-state index in [1.54, 1.807) is 0 Å². The molecule has 0 saturated heterocycles. The molecule has 1 aromatic rings. The van der Waals surface area contributed by atoms with E-state index in [9.17, 15) is 40.4 Å². The third-order valence-electron chi connectivity index (χ3n) is 12.7. The Bertz CT molecular complexity index is 1160. The number of aliphatic hydroxyl groups excluding tert-OH is 5. The summed E-state index contributed by atoms with van der Waals surface area (Å²) in [4.78, 5) is 23.3. The first-order valence-corrected chi connectivity index (χ1v) is 16.2. The largest absolute Gasteiger partial charge is 0.394 e. The van der Waals surface area contributed by atoms with Crippen LogP contribution in [-0.2, 0) is 4.79 Å². The summed E-state index contributed by atoms with van der Waals surface area (Å²) in [6, 6.07) is 4.43. The molecule has 0 spiro atoms. The van der Waals surface area contributed by atoms with Crippen molar-refractivity contribution < 1.29 is 35.3 Å². The summed E-state index contributed by atoms with van der Waals surface area (Å²) in [5.74, 6) is 0.908. The van der Waals surface area contributed by atoms with Crippen molar-refractivity contribution in [2.75, 3.05) is 6.61 Å². The number of nitrogens with zero attached hydrogens (tertiary/aromatic N) is 1. The van der Waals surface area contributed by atoms with Crippen LogP contribution in [0.25, 0.3) is 0 Å². The quantitative estimate of drug-likeness (QED) is 0.184. The van der Waals surface area contributed by atoms with Crippen LogP contribution in [0.3, 0.4) is 0 Å². The standard InChI is InChI=1S/C33H50N2O8/c1-18(4-11-29(40)34-26(17-36)31(41)19-5-7-21(8-6-19)35(42)43)23-9-10-24-30-25(16-28(39)33(23,24)3)32(2)13-12-22(37)14-20(32)15-27(30)38/h5-8,18,20,22-28,30-31,36-39,41H,4,9-17H2,1-3H3,(H,34,40)/t18-,20+,22-,23-,24+,25+,26+,27?,28+,30+,31+,32+,33-/m1/s1. The van der Waals surface area contributed by atoms with Gasteiger partial charge in [-0.2, -0.15) is 0 Å². The first-order valence-electron chi connectivity index (χ1n) is 16.2. The van der Waals surface area contributed by atoms with E-state index in [2.05, 4.69) is 26.1 Å². The van der Waals surface area contributed by atoms with Gasteiger partial charge in [0.25, 0.3) is 5.69 Å². The lowest BCUT2D eigenvalue weighted by Crippen LogP contribution is -2.62. The second-order valence-corrected chi connectivity index (χ2v) is 14.7. The van der Waals surface area contributed by atoms with Gasteiger partial charge >= 0.3 is 0 Å². The van der Waals surface area contributed by atoms with Gasteiger partial charge in [-0.25, -0.2) is 0 Å². The van der Waals surface area contributed by atoms with Gasteiger partial charge in [-0.05, 0) is 115 Å². The summed E-state index contributed by atoms with van der Waals surface area (Å²) in [6.45, 7) is 6.17. The highest BCUT2D eigenvalue weighted by molar-refractivity contribution is 5.76. The molecule has 0 radical (unpaired) electrons. The molecule has 4 aliphatic carbocycles. The molecule has 6 N–H and O–H groups in total. The molecule has 1 unspecified atom stereocenters. The summed E-state index contributed by atoms with van der Waals surface area (Å²) in [5, 5.41) is 67.8. The zero-order valence-electron chi connectivity index (χ0n) is 25.6. The summed E-state index contributed by atoms with van der Waals surface area (Å²) in [7, 11) is 0. The van der Waals surface area contributed by atoms with Crippen LogP contribution in [0.15, 0.2) is 24.3 Å². The summed E-state index contributed by atoms with van der Waals surface area (Å²) in [6.07, 6.45) is 4.08. The van der Waals surface area contributed by atoms with E-state index in [-0.39, 0.29) is 70.5 Å². The minimum Gasteiger partial charge on any atom is -0.394 e. The second-order valence-electron chi connectivity index (χ2n) is 14.7. The second kappa shape index (κ2) is 12.4. The van der Waals surface area contributed by atoms with Gasteiger partial charge in [0.1, 0.15) is 6.10 Å². The number of amides is 1. The monoisotopic (exact) mass is 602 g/mol. The normalized spacial score (nSPS) is 40.8. The molecule has 1 amide bonds. The molecule has 43 heavy (non-hydrogen) atoms. The number of non-ortho nitro benzene ring substituents is 1. The van der Waals surface area contributed by atoms with E-state index in [4.69, 9.17) is 0 Å². The highest BCUT2D eigenvalue weighted by atomic mass is 16.6. The number of nitrogens with one attached hydrogen (secondary N) is 1. The first-order chi connectivity index (χ1) is 20.3. The predicted octanol–water partition coefficient (Wildman–Crippen LogP) is 3.48. The maximum Gasteiger partial charge on any atom is 0.269 e. The molecule has 0 aliphatic heterocycles. The molecule has 10 nitrogen and oxygen atoms in total. The maximum absolute atomic E-state index is 12.9. The van der Waals surface area contributed by atoms with Crippen molar-refractivity contribution >= 4 is 11.6 Å². The lowest BCUT2D eigenvalue weighted by atomic mass is 9.43. The van der Waals surface area contributed by atoms with Crippen molar-refractivity contribution in [1.82, 2.24) is 5.32 Å². The molecule has 4 fully saturated rings. The van der Waals surface area contributed by atoms with Crippen molar-refractivity contribution in [2.24, 2.45) is 46.3 Å². The van der Waals surface area contributed by atoms with Crippen molar-refractivity contribution in [3.05, 3.63) is 39.9 Å². The third-order valence-corrected chi connectivity index (χ3v) is 12.7. The molecule has 240 valence electrons. The van der Waals surface area contributed by atoms with Crippen LogP contribution in [0, 0.1) is 56.5 Å². The molecule has 13 atom stereocenters. The summed E-state index contributed by atoms with van der Waals surface area (Å²) >= 11 is 0. The van der Waals surface area contributed by atoms with Gasteiger partial charge < -0.3 is 30.8 Å². The molecule has 10 heteroatoms. The van der Waals surface area contributed by atoms with E-state index in [1.807, 2.05) is 0 Å². The van der Waals surface area contributed by atoms with Crippen LogP contribution in [-0.4, -0.2) is 67.3 Å². The van der Waals surface area contributed by atoms with Crippen molar-refractivity contribution in [3.63, 3.8) is 0 Å². The minimum absolute atomic E-state index is 0.0233. The average Bonchev–Trinajstić information content (AvgIpc) is 3.34. The van der Waals surface area contributed by atoms with E-state index >= 15 is 0 Å². The van der Waals surface area contributed by atoms with Crippen LogP contribution in [0.5, 0.6) is 0 Å². The Morgan fingerprint density at radius 2 is 1.77 bits per heavy atom. The average molecular weight is 603 g/mol. The number of benzene rings is 1. The topological polar surface area (TPSA) is 173 Å². The number of rotatable bonds is 9. The lowest BCUT2D eigenvalue weighted by Gasteiger charge is -2.63. The Hall–Kier alpha value is -2.11. The number of aliphatic hydroxyl groups is 5. The Morgan fingerprint density at radius 1 is 1.07 bits per heavy atom. The molecule has 4 saturated carbocycles. The minimum atomic E-state index is -1.22. The maximum atomic E-state index is 12.9. The van der Waals surface area contributed by atoms with Gasteiger partial charge in [-0.1, -0.05) is 20.8 Å². The van der Waals surface area contributed by atoms with Crippen molar-refractivity contribution in [3.8, 4) is 0 Å². The van der Waals surface area contributed by atoms with Gasteiger partial charge in [-0.15, -0.1) is 0 Å². The number of hydrogen-bond donors (Lipinski definition) is 6. The van der Waals surface area contributed by atoms with Crippen molar-refractivity contribution in [2.45, 2.75) is 109 Å². The summed E-state index contributed by atoms with van der Waals surface area (Å²) in [5.41, 5.74) is -0.0755. The Balaban J connectivity index is 1.21. The van der Waals surface area contributed by atoms with Crippen LogP contribution in [0.1, 0.15) is 90.2 Å². The SMILES string of the molecule is C[C@H](CCC(=O)N[C@@H](CO)[C@@H](O)c1ccc([N+](=O)[O-])cc1)[C@H]1CC[C@H]2[C@@H]3C(O)C[C@@H]4C[C@H](O)CC[C@]4(C)[C@H]3C[C@H](O)[C@]12C. The fraction of sp³-hybridized carbons (Fsp3) is 0.788. The number of carbonyl (C=O) groups excluding carboxylic acids is 1. The smallest absolute Gasteiger partial charge is 0.269 e. The Kier molecular flexibility index (Phi) is 9.27. The first kappa shape index (κ1) is 32.3. The number of nitro benzene ring substituents is 1. The molecular weight excluding hydrogens is 552 g/mol. The fourth-order valence-corrected chi connectivity index (χ4v) is 10.2. The van der Waals surface area contributed by atoms with Gasteiger partial charge in [0.05, 0.1) is 35.9 Å². The van der Waals surface area contributed by atoms with Crippen LogP contribution in [0.2, 0.25) is 0 Å². The zero-order valence-corrected chi connectivity index (χ0v) is 25.6. The molecule has 0 aromatic heterocycles. The Morgan fingerprint density at radius 3 is 2.42 bits per heavy atom. The van der Waals surface area contributed by atoms with Crippen LogP contribution >= 0.6 is 0 Å². The number of carbonyl (C=O) groups is 1. The van der Waals surface area contributed by atoms with E-state index < -0.39 is 35.9 Å². The molecule has 0 bridgehead atoms.